The van der Waals surface area contributed by atoms with Crippen LogP contribution in [-0.2, 0) is 6.54 Å². The maximum atomic E-state index is 4.41. The SMILES string of the molecule is C(=Cc1ccccc1)CN1CCN(Cc2nnnn2-c2ccc3[nH]ccc3c2)C(c2ccccc2)C1. The summed E-state index contributed by atoms with van der Waals surface area (Å²) < 4.78 is 1.86. The zero-order chi connectivity index (χ0) is 24.2. The van der Waals surface area contributed by atoms with Crippen molar-refractivity contribution in [1.29, 1.82) is 0 Å². The van der Waals surface area contributed by atoms with Crippen LogP contribution >= 0.6 is 0 Å². The summed E-state index contributed by atoms with van der Waals surface area (Å²) in [6.07, 6.45) is 6.43. The second-order valence-corrected chi connectivity index (χ2v) is 9.23. The summed E-state index contributed by atoms with van der Waals surface area (Å²) in [5.41, 5.74) is 4.64. The fourth-order valence-corrected chi connectivity index (χ4v) is 4.98. The van der Waals surface area contributed by atoms with E-state index >= 15 is 0 Å². The van der Waals surface area contributed by atoms with Crippen molar-refractivity contribution < 1.29 is 0 Å². The van der Waals surface area contributed by atoms with Gasteiger partial charge in [0, 0.05) is 49.3 Å². The molecule has 7 heteroatoms. The van der Waals surface area contributed by atoms with Crippen LogP contribution in [0, 0.1) is 0 Å². The predicted molar refractivity (Wildman–Crippen MR) is 143 cm³/mol. The lowest BCUT2D eigenvalue weighted by Gasteiger charge is -2.41. The Labute approximate surface area is 210 Å². The van der Waals surface area contributed by atoms with Gasteiger partial charge in [-0.05, 0) is 45.8 Å². The van der Waals surface area contributed by atoms with E-state index in [1.54, 1.807) is 0 Å². The van der Waals surface area contributed by atoms with Crippen LogP contribution in [0.5, 0.6) is 0 Å². The summed E-state index contributed by atoms with van der Waals surface area (Å²) in [5, 5.41) is 13.9. The molecule has 0 amide bonds. The maximum absolute atomic E-state index is 4.41. The van der Waals surface area contributed by atoms with Crippen LogP contribution in [0.15, 0.2) is 97.2 Å². The number of hydrogen-bond acceptors (Lipinski definition) is 5. The Bertz CT molecular complexity index is 1440. The van der Waals surface area contributed by atoms with E-state index in [-0.39, 0.29) is 6.04 Å². The molecule has 1 fully saturated rings. The number of rotatable bonds is 7. The molecule has 1 saturated heterocycles. The highest BCUT2D eigenvalue weighted by atomic mass is 15.5. The molecule has 1 aliphatic heterocycles. The van der Waals surface area contributed by atoms with Crippen LogP contribution in [0.3, 0.4) is 0 Å². The van der Waals surface area contributed by atoms with Crippen molar-refractivity contribution in [3.63, 3.8) is 0 Å². The van der Waals surface area contributed by atoms with E-state index in [2.05, 4.69) is 127 Å². The van der Waals surface area contributed by atoms with Crippen LogP contribution in [-0.4, -0.2) is 61.2 Å². The molecule has 7 nitrogen and oxygen atoms in total. The van der Waals surface area contributed by atoms with Crippen molar-refractivity contribution in [2.24, 2.45) is 0 Å². The molecular weight excluding hydrogens is 446 g/mol. The van der Waals surface area contributed by atoms with Gasteiger partial charge in [0.1, 0.15) is 0 Å². The number of aromatic nitrogens is 5. The third-order valence-electron chi connectivity index (χ3n) is 6.89. The average molecular weight is 476 g/mol. The fraction of sp³-hybridized carbons (Fsp3) is 0.207. The van der Waals surface area contributed by atoms with E-state index in [0.29, 0.717) is 6.54 Å². The highest BCUT2D eigenvalue weighted by Gasteiger charge is 2.29. The highest BCUT2D eigenvalue weighted by Crippen LogP contribution is 2.27. The van der Waals surface area contributed by atoms with Gasteiger partial charge in [-0.15, -0.1) is 5.10 Å². The van der Waals surface area contributed by atoms with Gasteiger partial charge >= 0.3 is 0 Å². The van der Waals surface area contributed by atoms with Gasteiger partial charge in [-0.2, -0.15) is 4.68 Å². The molecule has 36 heavy (non-hydrogen) atoms. The first-order chi connectivity index (χ1) is 17.8. The van der Waals surface area contributed by atoms with Gasteiger partial charge in [0.05, 0.1) is 12.2 Å². The number of hydrogen-bond donors (Lipinski definition) is 1. The maximum Gasteiger partial charge on any atom is 0.170 e. The second-order valence-electron chi connectivity index (χ2n) is 9.23. The van der Waals surface area contributed by atoms with Crippen LogP contribution in [0.25, 0.3) is 22.7 Å². The van der Waals surface area contributed by atoms with Gasteiger partial charge < -0.3 is 4.98 Å². The van der Waals surface area contributed by atoms with Gasteiger partial charge in [-0.1, -0.05) is 72.8 Å². The summed E-state index contributed by atoms with van der Waals surface area (Å²) in [7, 11) is 0. The molecule has 3 heterocycles. The van der Waals surface area contributed by atoms with E-state index in [9.17, 15) is 0 Å². The zero-order valence-electron chi connectivity index (χ0n) is 20.1. The number of tetrazole rings is 1. The van der Waals surface area contributed by atoms with E-state index in [0.717, 1.165) is 48.6 Å². The topological polar surface area (TPSA) is 65.9 Å². The summed E-state index contributed by atoms with van der Waals surface area (Å²) in [6, 6.07) is 29.8. The number of fused-ring (bicyclic) bond motifs is 1. The average Bonchev–Trinajstić information content (AvgIpc) is 3.59. The third kappa shape index (κ3) is 4.84. The molecule has 0 spiro atoms. The Morgan fingerprint density at radius 3 is 2.61 bits per heavy atom. The molecule has 180 valence electrons. The first-order valence-corrected chi connectivity index (χ1v) is 12.4. The molecule has 0 aliphatic carbocycles. The standard InChI is InChI=1S/C29H29N7/c1-3-8-23(9-4-1)10-7-17-34-18-19-35(28(21-34)24-11-5-2-6-12-24)22-29-31-32-33-36(29)26-13-14-27-25(20-26)15-16-30-27/h1-16,20,28,30H,17-19,21-22H2. The Balaban J connectivity index is 1.21. The van der Waals surface area contributed by atoms with Crippen molar-refractivity contribution in [2.45, 2.75) is 12.6 Å². The molecule has 3 aromatic carbocycles. The fourth-order valence-electron chi connectivity index (χ4n) is 4.98. The van der Waals surface area contributed by atoms with E-state index < -0.39 is 0 Å². The summed E-state index contributed by atoms with van der Waals surface area (Å²) in [6.45, 7) is 4.52. The van der Waals surface area contributed by atoms with Gasteiger partial charge in [0.2, 0.25) is 0 Å². The number of aromatic amines is 1. The molecule has 0 saturated carbocycles. The van der Waals surface area contributed by atoms with Crippen LogP contribution in [0.1, 0.15) is 23.0 Å². The lowest BCUT2D eigenvalue weighted by molar-refractivity contribution is 0.0722. The predicted octanol–water partition coefficient (Wildman–Crippen LogP) is 4.72. The normalized spacial score (nSPS) is 17.3. The Hall–Kier alpha value is -4.07. The highest BCUT2D eigenvalue weighted by molar-refractivity contribution is 5.81. The smallest absolute Gasteiger partial charge is 0.170 e. The number of piperazine rings is 1. The van der Waals surface area contributed by atoms with Crippen molar-refractivity contribution in [1.82, 2.24) is 35.0 Å². The first kappa shape index (κ1) is 22.4. The van der Waals surface area contributed by atoms with Crippen LogP contribution < -0.4 is 0 Å². The molecule has 0 bridgehead atoms. The lowest BCUT2D eigenvalue weighted by atomic mass is 10.0. The number of nitrogens with one attached hydrogen (secondary N) is 1. The van der Waals surface area contributed by atoms with Crippen molar-refractivity contribution >= 4 is 17.0 Å². The van der Waals surface area contributed by atoms with Gasteiger partial charge in [-0.25, -0.2) is 0 Å². The number of nitrogens with zero attached hydrogens (tertiary/aromatic N) is 6. The van der Waals surface area contributed by atoms with Gasteiger partial charge in [0.25, 0.3) is 0 Å². The molecule has 1 N–H and O–H groups in total. The molecule has 1 atom stereocenters. The monoisotopic (exact) mass is 475 g/mol. The van der Waals surface area contributed by atoms with Gasteiger partial charge in [-0.3, -0.25) is 9.80 Å². The molecule has 2 aromatic heterocycles. The van der Waals surface area contributed by atoms with E-state index in [1.165, 1.54) is 11.1 Å². The zero-order valence-corrected chi connectivity index (χ0v) is 20.1. The quantitative estimate of drug-likeness (QED) is 0.369. The molecular formula is C29H29N7. The van der Waals surface area contributed by atoms with Crippen LogP contribution in [0.2, 0.25) is 0 Å². The molecule has 1 unspecified atom stereocenters. The van der Waals surface area contributed by atoms with Crippen molar-refractivity contribution in [3.8, 4) is 5.69 Å². The summed E-state index contributed by atoms with van der Waals surface area (Å²) in [5.74, 6) is 0.850. The van der Waals surface area contributed by atoms with Crippen molar-refractivity contribution in [3.05, 3.63) is 114 Å². The van der Waals surface area contributed by atoms with Crippen LogP contribution in [0.4, 0.5) is 0 Å². The lowest BCUT2D eigenvalue weighted by Crippen LogP contribution is -2.48. The largest absolute Gasteiger partial charge is 0.361 e. The van der Waals surface area contributed by atoms with E-state index in [1.807, 2.05) is 10.9 Å². The first-order valence-electron chi connectivity index (χ1n) is 12.4. The number of benzene rings is 3. The Morgan fingerprint density at radius 2 is 1.75 bits per heavy atom. The minimum atomic E-state index is 0.266. The minimum absolute atomic E-state index is 0.266. The Kier molecular flexibility index (Phi) is 6.39. The summed E-state index contributed by atoms with van der Waals surface area (Å²) in [4.78, 5) is 8.27. The van der Waals surface area contributed by atoms with E-state index in [4.69, 9.17) is 0 Å². The second kappa shape index (κ2) is 10.3. The Morgan fingerprint density at radius 1 is 0.917 bits per heavy atom. The molecule has 5 aromatic rings. The minimum Gasteiger partial charge on any atom is -0.361 e. The van der Waals surface area contributed by atoms with Gasteiger partial charge in [0.15, 0.2) is 5.82 Å². The molecule has 6 rings (SSSR count). The molecule has 0 radical (unpaired) electrons. The molecule has 1 aliphatic rings. The van der Waals surface area contributed by atoms with Crippen molar-refractivity contribution in [2.75, 3.05) is 26.2 Å². The summed E-state index contributed by atoms with van der Waals surface area (Å²) >= 11 is 0. The third-order valence-corrected chi connectivity index (χ3v) is 6.89. The number of H-pyrrole nitrogens is 1.